The molecule has 0 saturated heterocycles. The van der Waals surface area contributed by atoms with Crippen molar-refractivity contribution in [2.24, 2.45) is 11.7 Å². The highest BCUT2D eigenvalue weighted by Gasteiger charge is 2.13. The lowest BCUT2D eigenvalue weighted by molar-refractivity contribution is -0.119. The van der Waals surface area contributed by atoms with Gasteiger partial charge in [0.1, 0.15) is 0 Å². The molecular weight excluding hydrogens is 298 g/mol. The zero-order valence-electron chi connectivity index (χ0n) is 11.5. The summed E-state index contributed by atoms with van der Waals surface area (Å²) in [6.07, 6.45) is 0. The minimum absolute atomic E-state index is 0. The average Bonchev–Trinajstić information content (AvgIpc) is 2.37. The van der Waals surface area contributed by atoms with Crippen LogP contribution in [-0.2, 0) is 9.59 Å². The topological polar surface area (TPSA) is 84.2 Å². The molecule has 1 atom stereocenters. The van der Waals surface area contributed by atoms with Gasteiger partial charge in [-0.1, -0.05) is 19.1 Å². The van der Waals surface area contributed by atoms with Gasteiger partial charge in [-0.15, -0.1) is 24.2 Å². The lowest BCUT2D eigenvalue weighted by Gasteiger charge is -2.14. The van der Waals surface area contributed by atoms with Gasteiger partial charge in [0.15, 0.2) is 0 Å². The highest BCUT2D eigenvalue weighted by Crippen LogP contribution is 2.26. The molecule has 5 nitrogen and oxygen atoms in total. The molecule has 0 radical (unpaired) electrons. The molecule has 112 valence electrons. The van der Waals surface area contributed by atoms with E-state index in [1.165, 1.54) is 11.8 Å². The summed E-state index contributed by atoms with van der Waals surface area (Å²) in [5.41, 5.74) is 5.83. The third kappa shape index (κ3) is 6.27. The summed E-state index contributed by atoms with van der Waals surface area (Å²) < 4.78 is 0. The highest BCUT2D eigenvalue weighted by atomic mass is 35.5. The monoisotopic (exact) mass is 317 g/mol. The van der Waals surface area contributed by atoms with Crippen molar-refractivity contribution in [3.05, 3.63) is 24.3 Å². The number of amides is 2. The van der Waals surface area contributed by atoms with Gasteiger partial charge >= 0.3 is 0 Å². The summed E-state index contributed by atoms with van der Waals surface area (Å²) in [6.45, 7) is 2.47. The number of hydrogen-bond donors (Lipinski definition) is 3. The van der Waals surface area contributed by atoms with Crippen LogP contribution in [0.3, 0.4) is 0 Å². The molecule has 0 saturated carbocycles. The molecule has 20 heavy (non-hydrogen) atoms. The van der Waals surface area contributed by atoms with E-state index in [0.717, 1.165) is 4.90 Å². The molecule has 7 heteroatoms. The number of hydrogen-bond acceptors (Lipinski definition) is 4. The van der Waals surface area contributed by atoms with Crippen molar-refractivity contribution in [1.82, 2.24) is 5.32 Å². The Morgan fingerprint density at radius 3 is 2.60 bits per heavy atom. The summed E-state index contributed by atoms with van der Waals surface area (Å²) in [5, 5.41) is 5.83. The minimum atomic E-state index is -0.380. The summed E-state index contributed by atoms with van der Waals surface area (Å²) in [4.78, 5) is 23.6. The summed E-state index contributed by atoms with van der Waals surface area (Å²) >= 11 is 1.32. The van der Waals surface area contributed by atoms with Crippen LogP contribution in [0.2, 0.25) is 0 Å². The van der Waals surface area contributed by atoms with Gasteiger partial charge in [-0.05, 0) is 19.2 Å². The van der Waals surface area contributed by atoms with Crippen molar-refractivity contribution in [1.29, 1.82) is 0 Å². The molecule has 1 aromatic carbocycles. The molecule has 0 aliphatic heterocycles. The van der Waals surface area contributed by atoms with Crippen molar-refractivity contribution in [2.75, 3.05) is 24.7 Å². The van der Waals surface area contributed by atoms with Crippen molar-refractivity contribution in [3.8, 4) is 0 Å². The molecule has 0 aliphatic carbocycles. The van der Waals surface area contributed by atoms with E-state index in [4.69, 9.17) is 5.73 Å². The van der Waals surface area contributed by atoms with Crippen LogP contribution in [0, 0.1) is 5.92 Å². The minimum Gasteiger partial charge on any atom is -0.369 e. The molecular formula is C13H20ClN3O2S. The third-order valence-corrected chi connectivity index (χ3v) is 3.57. The second kappa shape index (κ2) is 9.63. The van der Waals surface area contributed by atoms with E-state index >= 15 is 0 Å². The van der Waals surface area contributed by atoms with Crippen LogP contribution in [-0.4, -0.2) is 31.2 Å². The number of nitrogens with two attached hydrogens (primary N) is 1. The Morgan fingerprint density at radius 2 is 2.00 bits per heavy atom. The standard InChI is InChI=1S/C13H19N3O2S.ClH/c1-9(7-15-2)13(18)16-10-5-3-4-6-11(10)19-8-12(14)17;/h3-6,9,15H,7-8H2,1-2H3,(H2,14,17)(H,16,18);1H. The predicted molar refractivity (Wildman–Crippen MR) is 85.3 cm³/mol. The number of carbonyl (C=O) groups excluding carboxylic acids is 2. The molecule has 0 aromatic heterocycles. The molecule has 4 N–H and O–H groups in total. The van der Waals surface area contributed by atoms with Crippen LogP contribution in [0.15, 0.2) is 29.2 Å². The largest absolute Gasteiger partial charge is 0.369 e. The number of carbonyl (C=O) groups is 2. The zero-order valence-corrected chi connectivity index (χ0v) is 13.1. The van der Waals surface area contributed by atoms with Crippen LogP contribution in [0.4, 0.5) is 5.69 Å². The molecule has 0 fully saturated rings. The van der Waals surface area contributed by atoms with Gasteiger partial charge in [0, 0.05) is 17.4 Å². The molecule has 1 aromatic rings. The lowest BCUT2D eigenvalue weighted by Crippen LogP contribution is -2.28. The number of anilines is 1. The second-order valence-electron chi connectivity index (χ2n) is 4.20. The van der Waals surface area contributed by atoms with Gasteiger partial charge in [-0.2, -0.15) is 0 Å². The Hall–Kier alpha value is -1.24. The Morgan fingerprint density at radius 1 is 1.35 bits per heavy atom. The maximum atomic E-state index is 11.9. The second-order valence-corrected chi connectivity index (χ2v) is 5.22. The first-order chi connectivity index (χ1) is 9.04. The van der Waals surface area contributed by atoms with Crippen LogP contribution in [0.25, 0.3) is 0 Å². The summed E-state index contributed by atoms with van der Waals surface area (Å²) in [7, 11) is 1.81. The van der Waals surface area contributed by atoms with Crippen molar-refractivity contribution in [3.63, 3.8) is 0 Å². The molecule has 0 spiro atoms. The molecule has 0 aliphatic rings. The number of benzene rings is 1. The number of para-hydroxylation sites is 1. The van der Waals surface area contributed by atoms with Crippen LogP contribution in [0.1, 0.15) is 6.92 Å². The zero-order chi connectivity index (χ0) is 14.3. The molecule has 0 bridgehead atoms. The van der Waals surface area contributed by atoms with E-state index in [9.17, 15) is 9.59 Å². The van der Waals surface area contributed by atoms with E-state index in [0.29, 0.717) is 12.2 Å². The van der Waals surface area contributed by atoms with Gasteiger partial charge in [0.25, 0.3) is 0 Å². The molecule has 1 rings (SSSR count). The Balaban J connectivity index is 0.00000361. The van der Waals surface area contributed by atoms with E-state index in [2.05, 4.69) is 10.6 Å². The van der Waals surface area contributed by atoms with Crippen molar-refractivity contribution in [2.45, 2.75) is 11.8 Å². The van der Waals surface area contributed by atoms with E-state index < -0.39 is 0 Å². The Kier molecular flexibility index (Phi) is 9.03. The van der Waals surface area contributed by atoms with Crippen LogP contribution >= 0.6 is 24.2 Å². The number of halogens is 1. The maximum Gasteiger partial charge on any atom is 0.228 e. The highest BCUT2D eigenvalue weighted by molar-refractivity contribution is 8.00. The Labute approximate surface area is 129 Å². The quantitative estimate of drug-likeness (QED) is 0.665. The first kappa shape index (κ1) is 18.8. The molecule has 0 heterocycles. The first-order valence-corrected chi connectivity index (χ1v) is 6.98. The summed E-state index contributed by atoms with van der Waals surface area (Å²) in [6, 6.07) is 7.36. The Bertz CT molecular complexity index is 457. The third-order valence-electron chi connectivity index (χ3n) is 2.47. The fourth-order valence-corrected chi connectivity index (χ4v) is 2.25. The smallest absolute Gasteiger partial charge is 0.228 e. The fourth-order valence-electron chi connectivity index (χ4n) is 1.50. The normalized spacial score (nSPS) is 11.3. The first-order valence-electron chi connectivity index (χ1n) is 6.00. The van der Waals surface area contributed by atoms with Crippen molar-refractivity contribution < 1.29 is 9.59 Å². The van der Waals surface area contributed by atoms with Gasteiger partial charge in [0.2, 0.25) is 11.8 Å². The van der Waals surface area contributed by atoms with E-state index in [1.807, 2.05) is 31.2 Å². The van der Waals surface area contributed by atoms with Gasteiger partial charge in [0.05, 0.1) is 11.4 Å². The fraction of sp³-hybridized carbons (Fsp3) is 0.385. The van der Waals surface area contributed by atoms with E-state index in [1.54, 1.807) is 7.05 Å². The predicted octanol–water partition coefficient (Wildman–Crippen LogP) is 1.48. The van der Waals surface area contributed by atoms with Crippen molar-refractivity contribution >= 4 is 41.7 Å². The van der Waals surface area contributed by atoms with Gasteiger partial charge in [-0.3, -0.25) is 9.59 Å². The molecule has 1 unspecified atom stereocenters. The average molecular weight is 318 g/mol. The number of rotatable bonds is 7. The summed E-state index contributed by atoms with van der Waals surface area (Å²) in [5.74, 6) is -0.366. The molecule has 2 amide bonds. The number of primary amides is 1. The van der Waals surface area contributed by atoms with E-state index in [-0.39, 0.29) is 35.9 Å². The maximum absolute atomic E-state index is 11.9. The number of thioether (sulfide) groups is 1. The number of nitrogens with one attached hydrogen (secondary N) is 2. The van der Waals surface area contributed by atoms with Gasteiger partial charge in [-0.25, -0.2) is 0 Å². The SMILES string of the molecule is CNCC(C)C(=O)Nc1ccccc1SCC(N)=O.Cl. The van der Waals surface area contributed by atoms with Crippen LogP contribution < -0.4 is 16.4 Å². The van der Waals surface area contributed by atoms with Crippen LogP contribution in [0.5, 0.6) is 0 Å². The van der Waals surface area contributed by atoms with Gasteiger partial charge < -0.3 is 16.4 Å². The lowest BCUT2D eigenvalue weighted by atomic mass is 10.1.